The summed E-state index contributed by atoms with van der Waals surface area (Å²) in [4.78, 5) is 19.4. The third-order valence-electron chi connectivity index (χ3n) is 5.05. The van der Waals surface area contributed by atoms with Crippen molar-refractivity contribution in [1.82, 2.24) is 19.3 Å². The van der Waals surface area contributed by atoms with Crippen LogP contribution in [0.3, 0.4) is 0 Å². The van der Waals surface area contributed by atoms with Gasteiger partial charge in [0.15, 0.2) is 11.5 Å². The lowest BCUT2D eigenvalue weighted by Gasteiger charge is -2.14. The molecule has 0 fully saturated rings. The maximum Gasteiger partial charge on any atom is 0.269 e. The number of thioether (sulfide) groups is 1. The van der Waals surface area contributed by atoms with Crippen molar-refractivity contribution in [2.45, 2.75) is 4.90 Å². The normalized spacial score (nSPS) is 11.2. The van der Waals surface area contributed by atoms with Crippen LogP contribution in [0.1, 0.15) is 0 Å². The largest absolute Gasteiger partial charge is 0.269 e. The van der Waals surface area contributed by atoms with E-state index in [4.69, 9.17) is 4.98 Å². The summed E-state index contributed by atoms with van der Waals surface area (Å²) in [5, 5.41) is 4.75. The Bertz CT molecular complexity index is 1440. The van der Waals surface area contributed by atoms with E-state index in [2.05, 4.69) is 5.10 Å². The van der Waals surface area contributed by atoms with E-state index in [1.165, 1.54) is 16.8 Å². The fourth-order valence-electron chi connectivity index (χ4n) is 3.52. The average molecular weight is 428 g/mol. The van der Waals surface area contributed by atoms with Gasteiger partial charge in [-0.2, -0.15) is 5.10 Å². The number of rotatable bonds is 4. The lowest BCUT2D eigenvalue weighted by atomic mass is 10.1. The quantitative estimate of drug-likeness (QED) is 0.374. The van der Waals surface area contributed by atoms with Crippen molar-refractivity contribution in [1.29, 1.82) is 0 Å². The Balaban J connectivity index is 1.85. The van der Waals surface area contributed by atoms with Crippen molar-refractivity contribution in [3.8, 4) is 22.8 Å². The van der Waals surface area contributed by atoms with Crippen LogP contribution >= 0.6 is 11.8 Å². The molecule has 0 aliphatic carbocycles. The predicted octanol–water partition coefficient (Wildman–Crippen LogP) is 5.10. The first-order valence-corrected chi connectivity index (χ1v) is 10.9. The van der Waals surface area contributed by atoms with E-state index < -0.39 is 5.82 Å². The van der Waals surface area contributed by atoms with E-state index in [1.807, 2.05) is 60.9 Å². The molecule has 3 aromatic carbocycles. The molecule has 0 spiro atoms. The van der Waals surface area contributed by atoms with Crippen molar-refractivity contribution in [3.63, 3.8) is 0 Å². The molecule has 0 bridgehead atoms. The average Bonchev–Trinajstić information content (AvgIpc) is 3.24. The number of halogens is 1. The summed E-state index contributed by atoms with van der Waals surface area (Å²) in [5.41, 5.74) is 1.71. The third-order valence-corrected chi connectivity index (χ3v) is 5.79. The van der Waals surface area contributed by atoms with Crippen LogP contribution in [-0.4, -0.2) is 25.6 Å². The standard InChI is InChI=1S/C24H17FN4OS/c1-31-18-13-11-16(12-14-18)28-22(19-9-5-6-10-21(19)25)27-23-20(24(28)30)15-26-29(23)17-7-3-2-4-8-17/h2-15H,1H3. The monoisotopic (exact) mass is 428 g/mol. The zero-order valence-corrected chi connectivity index (χ0v) is 17.4. The van der Waals surface area contributed by atoms with Crippen LogP contribution in [-0.2, 0) is 0 Å². The highest BCUT2D eigenvalue weighted by atomic mass is 32.2. The number of para-hydroxylation sites is 1. The Hall–Kier alpha value is -3.71. The van der Waals surface area contributed by atoms with Gasteiger partial charge in [0.2, 0.25) is 0 Å². The molecule has 0 saturated carbocycles. The zero-order chi connectivity index (χ0) is 21.4. The fraction of sp³-hybridized carbons (Fsp3) is 0.0417. The van der Waals surface area contributed by atoms with Gasteiger partial charge < -0.3 is 0 Å². The smallest absolute Gasteiger partial charge is 0.268 e. The lowest BCUT2D eigenvalue weighted by Crippen LogP contribution is -2.22. The summed E-state index contributed by atoms with van der Waals surface area (Å²) < 4.78 is 17.8. The molecule has 2 aromatic heterocycles. The maximum atomic E-state index is 14.8. The van der Waals surface area contributed by atoms with Crippen LogP contribution in [0.2, 0.25) is 0 Å². The van der Waals surface area contributed by atoms with Gasteiger partial charge in [-0.15, -0.1) is 11.8 Å². The molecule has 31 heavy (non-hydrogen) atoms. The minimum Gasteiger partial charge on any atom is -0.268 e. The summed E-state index contributed by atoms with van der Waals surface area (Å²) >= 11 is 1.61. The molecule has 5 nitrogen and oxygen atoms in total. The van der Waals surface area contributed by atoms with Crippen LogP contribution in [0, 0.1) is 5.82 Å². The van der Waals surface area contributed by atoms with E-state index in [0.717, 1.165) is 10.6 Å². The van der Waals surface area contributed by atoms with Crippen LogP contribution in [0.15, 0.2) is 94.7 Å². The van der Waals surface area contributed by atoms with Crippen LogP contribution in [0.25, 0.3) is 33.8 Å². The summed E-state index contributed by atoms with van der Waals surface area (Å²) in [6, 6.07) is 23.3. The molecule has 5 aromatic rings. The number of fused-ring (bicyclic) bond motifs is 1. The number of nitrogens with zero attached hydrogens (tertiary/aromatic N) is 4. The maximum absolute atomic E-state index is 14.8. The van der Waals surface area contributed by atoms with Crippen molar-refractivity contribution in [2.75, 3.05) is 6.26 Å². The van der Waals surface area contributed by atoms with E-state index in [-0.39, 0.29) is 16.9 Å². The summed E-state index contributed by atoms with van der Waals surface area (Å²) in [5.74, 6) is -0.223. The van der Waals surface area contributed by atoms with Crippen molar-refractivity contribution in [3.05, 3.63) is 101 Å². The Labute approximate surface area is 181 Å². The molecule has 152 valence electrons. The van der Waals surface area contributed by atoms with Gasteiger partial charge in [-0.25, -0.2) is 14.1 Å². The number of aromatic nitrogens is 4. The second kappa shape index (κ2) is 7.85. The van der Waals surface area contributed by atoms with Crippen molar-refractivity contribution in [2.24, 2.45) is 0 Å². The molecule has 2 heterocycles. The Morgan fingerprint density at radius 2 is 1.58 bits per heavy atom. The molecule has 0 atom stereocenters. The van der Waals surface area contributed by atoms with Gasteiger partial charge in [-0.1, -0.05) is 30.3 Å². The summed E-state index contributed by atoms with van der Waals surface area (Å²) in [6.45, 7) is 0. The molecule has 0 radical (unpaired) electrons. The van der Waals surface area contributed by atoms with Crippen molar-refractivity contribution < 1.29 is 4.39 Å². The molecule has 7 heteroatoms. The minimum absolute atomic E-state index is 0.227. The van der Waals surface area contributed by atoms with Gasteiger partial charge in [0.1, 0.15) is 11.2 Å². The van der Waals surface area contributed by atoms with Crippen LogP contribution in [0.5, 0.6) is 0 Å². The van der Waals surface area contributed by atoms with Gasteiger partial charge in [-0.05, 0) is 54.8 Å². The lowest BCUT2D eigenvalue weighted by molar-refractivity contribution is 0.629. The summed E-state index contributed by atoms with van der Waals surface area (Å²) in [6.07, 6.45) is 3.49. The van der Waals surface area contributed by atoms with Crippen molar-refractivity contribution >= 4 is 22.8 Å². The predicted molar refractivity (Wildman–Crippen MR) is 122 cm³/mol. The minimum atomic E-state index is -0.450. The van der Waals surface area contributed by atoms with E-state index in [0.29, 0.717) is 16.7 Å². The van der Waals surface area contributed by atoms with Gasteiger partial charge in [0.05, 0.1) is 23.1 Å². The topological polar surface area (TPSA) is 52.7 Å². The van der Waals surface area contributed by atoms with E-state index in [1.54, 1.807) is 34.6 Å². The van der Waals surface area contributed by atoms with E-state index >= 15 is 0 Å². The molecule has 0 amide bonds. The molecular formula is C24H17FN4OS. The molecular weight excluding hydrogens is 411 g/mol. The van der Waals surface area contributed by atoms with Crippen LogP contribution in [0.4, 0.5) is 4.39 Å². The molecule has 0 unspecified atom stereocenters. The SMILES string of the molecule is CSc1ccc(-n2c(-c3ccccc3F)nc3c(cnn3-c3ccccc3)c2=O)cc1. The number of benzene rings is 3. The highest BCUT2D eigenvalue weighted by Gasteiger charge is 2.20. The molecule has 0 saturated heterocycles. The second-order valence-corrected chi connectivity index (χ2v) is 7.76. The zero-order valence-electron chi connectivity index (χ0n) is 16.6. The Morgan fingerprint density at radius 3 is 2.29 bits per heavy atom. The summed E-state index contributed by atoms with van der Waals surface area (Å²) in [7, 11) is 0. The molecule has 5 rings (SSSR count). The van der Waals surface area contributed by atoms with Gasteiger partial charge in [0.25, 0.3) is 5.56 Å². The Morgan fingerprint density at radius 1 is 0.871 bits per heavy atom. The highest BCUT2D eigenvalue weighted by molar-refractivity contribution is 7.98. The first-order chi connectivity index (χ1) is 15.2. The molecule has 0 aliphatic rings. The Kier molecular flexibility index (Phi) is 4.88. The number of hydrogen-bond acceptors (Lipinski definition) is 4. The van der Waals surface area contributed by atoms with Crippen LogP contribution < -0.4 is 5.56 Å². The fourth-order valence-corrected chi connectivity index (χ4v) is 3.93. The molecule has 0 N–H and O–H groups in total. The van der Waals surface area contributed by atoms with Gasteiger partial charge in [0, 0.05) is 4.90 Å². The molecule has 0 aliphatic heterocycles. The second-order valence-electron chi connectivity index (χ2n) is 6.88. The first kappa shape index (κ1) is 19.3. The highest BCUT2D eigenvalue weighted by Crippen LogP contribution is 2.26. The third kappa shape index (κ3) is 3.33. The number of hydrogen-bond donors (Lipinski definition) is 0. The van der Waals surface area contributed by atoms with E-state index in [9.17, 15) is 9.18 Å². The van der Waals surface area contributed by atoms with Gasteiger partial charge >= 0.3 is 0 Å². The van der Waals surface area contributed by atoms with Gasteiger partial charge in [-0.3, -0.25) is 9.36 Å². The first-order valence-electron chi connectivity index (χ1n) is 9.63.